The molecular weight excluding hydrogens is 444 g/mol. The highest BCUT2D eigenvalue weighted by molar-refractivity contribution is 9.10. The van der Waals surface area contributed by atoms with E-state index in [0.29, 0.717) is 5.92 Å². The van der Waals surface area contributed by atoms with Crippen molar-refractivity contribution in [3.63, 3.8) is 0 Å². The molecule has 0 amide bonds. The van der Waals surface area contributed by atoms with Gasteiger partial charge in [-0.3, -0.25) is 4.98 Å². The number of carbonyl (C=O) groups is 1. The van der Waals surface area contributed by atoms with Crippen molar-refractivity contribution < 1.29 is 14.6 Å². The van der Waals surface area contributed by atoms with Crippen LogP contribution in [0.3, 0.4) is 0 Å². The average Bonchev–Trinajstić information content (AvgIpc) is 3.08. The molecule has 1 atom stereocenters. The number of aromatic carboxylic acids is 1. The van der Waals surface area contributed by atoms with Gasteiger partial charge in [-0.25, -0.2) is 4.79 Å². The molecule has 6 heteroatoms. The first-order chi connectivity index (χ1) is 14.6. The van der Waals surface area contributed by atoms with Crippen LogP contribution >= 0.6 is 15.9 Å². The van der Waals surface area contributed by atoms with E-state index < -0.39 is 5.97 Å². The highest BCUT2D eigenvalue weighted by atomic mass is 79.9. The van der Waals surface area contributed by atoms with Gasteiger partial charge in [0.25, 0.3) is 0 Å². The van der Waals surface area contributed by atoms with Crippen molar-refractivity contribution in [2.75, 3.05) is 13.2 Å². The fourth-order valence-corrected chi connectivity index (χ4v) is 4.95. The lowest BCUT2D eigenvalue weighted by molar-refractivity contribution is 0.0553. The molecule has 152 valence electrons. The zero-order valence-corrected chi connectivity index (χ0v) is 17.9. The molecule has 0 saturated carbocycles. The summed E-state index contributed by atoms with van der Waals surface area (Å²) in [4.78, 5) is 16.4. The van der Waals surface area contributed by atoms with Crippen molar-refractivity contribution in [2.45, 2.75) is 18.9 Å². The molecule has 2 aromatic carbocycles. The fraction of sp³-hybridized carbons (Fsp3) is 0.250. The van der Waals surface area contributed by atoms with Gasteiger partial charge in [-0.05, 0) is 64.5 Å². The molecule has 1 aliphatic heterocycles. The van der Waals surface area contributed by atoms with Crippen LogP contribution in [0.15, 0.2) is 65.3 Å². The van der Waals surface area contributed by atoms with Crippen molar-refractivity contribution in [3.05, 3.63) is 76.4 Å². The Kier molecular flexibility index (Phi) is 5.05. The van der Waals surface area contributed by atoms with Crippen molar-refractivity contribution in [1.29, 1.82) is 0 Å². The molecule has 0 radical (unpaired) electrons. The van der Waals surface area contributed by atoms with E-state index in [1.807, 2.05) is 12.1 Å². The van der Waals surface area contributed by atoms with E-state index in [4.69, 9.17) is 4.74 Å². The standard InChI is InChI=1S/C24H21BrN2O3/c25-18-13-21-22(26-14-18)19-7-6-17(24(28)29)12-20(19)27(21)23(15-4-2-1-3-5-15)16-8-10-30-11-9-16/h1-7,12-14,16,23H,8-11H2,(H,28,29). The van der Waals surface area contributed by atoms with Gasteiger partial charge in [0.05, 0.1) is 28.2 Å². The quantitative estimate of drug-likeness (QED) is 0.422. The lowest BCUT2D eigenvalue weighted by Gasteiger charge is -2.33. The van der Waals surface area contributed by atoms with E-state index >= 15 is 0 Å². The molecule has 4 aromatic rings. The summed E-state index contributed by atoms with van der Waals surface area (Å²) < 4.78 is 8.83. The Labute approximate surface area is 182 Å². The molecule has 1 aliphatic rings. The third kappa shape index (κ3) is 3.30. The Balaban J connectivity index is 1.85. The molecule has 5 nitrogen and oxygen atoms in total. The Morgan fingerprint density at radius 2 is 1.87 bits per heavy atom. The Morgan fingerprint density at radius 3 is 2.60 bits per heavy atom. The summed E-state index contributed by atoms with van der Waals surface area (Å²) in [6, 6.07) is 17.9. The van der Waals surface area contributed by atoms with E-state index in [-0.39, 0.29) is 11.6 Å². The molecule has 0 aliphatic carbocycles. The first kappa shape index (κ1) is 19.3. The molecule has 1 N–H and O–H groups in total. The maximum atomic E-state index is 11.7. The minimum absolute atomic E-state index is 0.0650. The van der Waals surface area contributed by atoms with Gasteiger partial charge in [-0.15, -0.1) is 0 Å². The van der Waals surface area contributed by atoms with Gasteiger partial charge in [-0.2, -0.15) is 0 Å². The van der Waals surface area contributed by atoms with Crippen LogP contribution in [0.25, 0.3) is 21.9 Å². The second-order valence-electron chi connectivity index (χ2n) is 7.73. The number of carboxylic acids is 1. The zero-order chi connectivity index (χ0) is 20.7. The number of fused-ring (bicyclic) bond motifs is 3. The average molecular weight is 465 g/mol. The summed E-state index contributed by atoms with van der Waals surface area (Å²) in [7, 11) is 0. The Morgan fingerprint density at radius 1 is 1.10 bits per heavy atom. The summed E-state index contributed by atoms with van der Waals surface area (Å²) in [5.41, 5.74) is 4.28. The van der Waals surface area contributed by atoms with Gasteiger partial charge in [-0.1, -0.05) is 30.3 Å². The maximum absolute atomic E-state index is 11.7. The molecule has 30 heavy (non-hydrogen) atoms. The number of ether oxygens (including phenoxy) is 1. The van der Waals surface area contributed by atoms with Crippen LogP contribution in [-0.2, 0) is 4.74 Å². The number of pyridine rings is 1. The van der Waals surface area contributed by atoms with Crippen LogP contribution in [0, 0.1) is 5.92 Å². The fourth-order valence-electron chi connectivity index (χ4n) is 4.63. The molecule has 0 spiro atoms. The predicted octanol–water partition coefficient (Wildman–Crippen LogP) is 5.67. The smallest absolute Gasteiger partial charge is 0.335 e. The largest absolute Gasteiger partial charge is 0.478 e. The molecule has 1 saturated heterocycles. The molecular formula is C24H21BrN2O3. The number of rotatable bonds is 4. The first-order valence-corrected chi connectivity index (χ1v) is 10.9. The monoisotopic (exact) mass is 464 g/mol. The number of carboxylic acid groups (broad SMARTS) is 1. The van der Waals surface area contributed by atoms with Crippen LogP contribution in [-0.4, -0.2) is 33.8 Å². The van der Waals surface area contributed by atoms with Crippen LogP contribution in [0.1, 0.15) is 34.8 Å². The van der Waals surface area contributed by atoms with Crippen LogP contribution in [0.2, 0.25) is 0 Å². The summed E-state index contributed by atoms with van der Waals surface area (Å²) in [5.74, 6) is -0.544. The topological polar surface area (TPSA) is 64.3 Å². The number of aromatic nitrogens is 2. The van der Waals surface area contributed by atoms with E-state index in [1.165, 1.54) is 5.56 Å². The molecule has 3 heterocycles. The number of halogens is 1. The van der Waals surface area contributed by atoms with E-state index in [0.717, 1.165) is 52.5 Å². The molecule has 1 unspecified atom stereocenters. The minimum atomic E-state index is -0.926. The van der Waals surface area contributed by atoms with Crippen molar-refractivity contribution in [1.82, 2.24) is 9.55 Å². The van der Waals surface area contributed by atoms with Gasteiger partial charge < -0.3 is 14.4 Å². The van der Waals surface area contributed by atoms with Crippen molar-refractivity contribution in [3.8, 4) is 0 Å². The maximum Gasteiger partial charge on any atom is 0.335 e. The van der Waals surface area contributed by atoms with E-state index in [2.05, 4.69) is 55.8 Å². The lowest BCUT2D eigenvalue weighted by Crippen LogP contribution is -2.26. The number of hydrogen-bond acceptors (Lipinski definition) is 3. The second kappa shape index (κ2) is 7.85. The normalized spacial score (nSPS) is 16.2. The minimum Gasteiger partial charge on any atom is -0.478 e. The summed E-state index contributed by atoms with van der Waals surface area (Å²) in [6.07, 6.45) is 3.71. The van der Waals surface area contributed by atoms with Crippen LogP contribution in [0.5, 0.6) is 0 Å². The van der Waals surface area contributed by atoms with Gasteiger partial charge in [0.1, 0.15) is 0 Å². The Hall–Kier alpha value is -2.70. The van der Waals surface area contributed by atoms with Crippen LogP contribution in [0.4, 0.5) is 0 Å². The lowest BCUT2D eigenvalue weighted by atomic mass is 9.86. The Bertz CT molecular complexity index is 1230. The zero-order valence-electron chi connectivity index (χ0n) is 16.3. The van der Waals surface area contributed by atoms with E-state index in [9.17, 15) is 9.90 Å². The highest BCUT2D eigenvalue weighted by Gasteiger charge is 2.30. The van der Waals surface area contributed by atoms with Crippen LogP contribution < -0.4 is 0 Å². The summed E-state index contributed by atoms with van der Waals surface area (Å²) in [6.45, 7) is 1.49. The van der Waals surface area contributed by atoms with Gasteiger partial charge in [0, 0.05) is 29.3 Å². The van der Waals surface area contributed by atoms with Gasteiger partial charge >= 0.3 is 5.97 Å². The van der Waals surface area contributed by atoms with Gasteiger partial charge in [0.15, 0.2) is 0 Å². The number of benzene rings is 2. The van der Waals surface area contributed by atoms with E-state index in [1.54, 1.807) is 18.3 Å². The summed E-state index contributed by atoms with van der Waals surface area (Å²) in [5, 5.41) is 10.6. The van der Waals surface area contributed by atoms with Crippen molar-refractivity contribution >= 4 is 43.8 Å². The molecule has 0 bridgehead atoms. The second-order valence-corrected chi connectivity index (χ2v) is 8.65. The van der Waals surface area contributed by atoms with Gasteiger partial charge in [0.2, 0.25) is 0 Å². The number of hydrogen-bond donors (Lipinski definition) is 1. The summed E-state index contributed by atoms with van der Waals surface area (Å²) >= 11 is 3.57. The molecule has 1 fully saturated rings. The highest BCUT2D eigenvalue weighted by Crippen LogP contribution is 2.40. The molecule has 2 aromatic heterocycles. The first-order valence-electron chi connectivity index (χ1n) is 10.1. The third-order valence-corrected chi connectivity index (χ3v) is 6.42. The number of nitrogens with zero attached hydrogens (tertiary/aromatic N) is 2. The third-order valence-electron chi connectivity index (χ3n) is 5.98. The predicted molar refractivity (Wildman–Crippen MR) is 120 cm³/mol. The van der Waals surface area contributed by atoms with Crippen molar-refractivity contribution in [2.24, 2.45) is 5.92 Å². The SMILES string of the molecule is O=C(O)c1ccc2c3ncc(Br)cc3n(C(c3ccccc3)C3CCOCC3)c2c1. The molecule has 5 rings (SSSR count).